The Morgan fingerprint density at radius 2 is 1.17 bits per heavy atom. The van der Waals surface area contributed by atoms with Crippen LogP contribution in [0.25, 0.3) is 5.76 Å². The van der Waals surface area contributed by atoms with Gasteiger partial charge < -0.3 is 19.2 Å². The fourth-order valence-electron chi connectivity index (χ4n) is 5.84. The number of ether oxygens (including phenoxy) is 3. The van der Waals surface area contributed by atoms with Gasteiger partial charge in [-0.2, -0.15) is 10.5 Å². The van der Waals surface area contributed by atoms with Crippen molar-refractivity contribution in [3.63, 3.8) is 0 Å². The van der Waals surface area contributed by atoms with Crippen LogP contribution < -0.4 is 14.2 Å². The van der Waals surface area contributed by atoms with Crippen LogP contribution in [0.4, 0.5) is 0 Å². The lowest BCUT2D eigenvalue weighted by Gasteiger charge is -2.30. The maximum absolute atomic E-state index is 9.39. The number of nitrogens with zero attached hydrogens (tertiary/aromatic N) is 3. The van der Waals surface area contributed by atoms with E-state index >= 15 is 0 Å². The van der Waals surface area contributed by atoms with E-state index in [4.69, 9.17) is 19.2 Å². The highest BCUT2D eigenvalue weighted by molar-refractivity contribution is 5.95. The van der Waals surface area contributed by atoms with Gasteiger partial charge in [-0.15, -0.1) is 0 Å². The molecule has 4 aromatic rings. The maximum atomic E-state index is 9.39. The summed E-state index contributed by atoms with van der Waals surface area (Å²) in [6, 6.07) is 21.8. The van der Waals surface area contributed by atoms with E-state index in [9.17, 15) is 10.5 Å². The van der Waals surface area contributed by atoms with Crippen molar-refractivity contribution in [2.45, 2.75) is 80.1 Å². The lowest BCUT2D eigenvalue weighted by molar-refractivity contribution is 0.444. The second-order valence-electron chi connectivity index (χ2n) is 14.3. The minimum atomic E-state index is -0.200. The molecule has 244 valence electrons. The standard InChI is InChI=1S/C41H42N4O3/c1-24-18-28(22-42)19-25(2)36(24)46-34-16-14-32(44-34)39(48-38-30(40(5,6)7)12-11-13-31(38)41(8,9)10)33-15-17-35(45-33)47-37-26(3)20-29(23-43)21-27(37)4/h11-21,44H,1-10H3/b39-33+. The van der Waals surface area contributed by atoms with Crippen molar-refractivity contribution in [2.75, 3.05) is 0 Å². The summed E-state index contributed by atoms with van der Waals surface area (Å²) in [5.41, 5.74) is 7.61. The molecule has 0 radical (unpaired) electrons. The second kappa shape index (κ2) is 12.9. The Morgan fingerprint density at radius 1 is 0.667 bits per heavy atom. The SMILES string of the molecule is Cc1cc(C#N)cc(C)c1OC1=N/C(=C(/Oc2c(C(C)(C)C)cccc2C(C)(C)C)c2ccc(Oc3c(C)cc(C#N)cc3C)[nH]2)C=C1. The van der Waals surface area contributed by atoms with Gasteiger partial charge in [0.05, 0.1) is 29.0 Å². The fourth-order valence-corrected chi connectivity index (χ4v) is 5.84. The highest BCUT2D eigenvalue weighted by Crippen LogP contribution is 2.42. The van der Waals surface area contributed by atoms with Gasteiger partial charge in [0.15, 0.2) is 11.6 Å². The summed E-state index contributed by atoms with van der Waals surface area (Å²) >= 11 is 0. The third-order valence-corrected chi connectivity index (χ3v) is 8.18. The number of benzene rings is 3. The predicted molar refractivity (Wildman–Crippen MR) is 191 cm³/mol. The van der Waals surface area contributed by atoms with E-state index in [0.717, 1.165) is 39.1 Å². The molecule has 0 saturated carbocycles. The first kappa shape index (κ1) is 33.8. The first-order chi connectivity index (χ1) is 22.6. The zero-order valence-electron chi connectivity index (χ0n) is 29.4. The topological polar surface area (TPSA) is 103 Å². The molecule has 2 heterocycles. The van der Waals surface area contributed by atoms with E-state index in [1.54, 1.807) is 0 Å². The summed E-state index contributed by atoms with van der Waals surface area (Å²) < 4.78 is 19.7. The van der Waals surface area contributed by atoms with Crippen molar-refractivity contribution in [3.8, 4) is 35.3 Å². The molecule has 1 aliphatic heterocycles. The van der Waals surface area contributed by atoms with Gasteiger partial charge in [0.25, 0.3) is 0 Å². The third kappa shape index (κ3) is 7.06. The number of hydrogen-bond donors (Lipinski definition) is 1. The molecule has 0 saturated heterocycles. The summed E-state index contributed by atoms with van der Waals surface area (Å²) in [4.78, 5) is 8.30. The molecule has 0 amide bonds. The molecule has 1 N–H and O–H groups in total. The Kier molecular flexibility index (Phi) is 9.11. The molecule has 7 nitrogen and oxygen atoms in total. The summed E-state index contributed by atoms with van der Waals surface area (Å²) in [5, 5.41) is 18.8. The minimum absolute atomic E-state index is 0.200. The highest BCUT2D eigenvalue weighted by Gasteiger charge is 2.29. The molecule has 1 aliphatic rings. The van der Waals surface area contributed by atoms with E-state index < -0.39 is 0 Å². The predicted octanol–water partition coefficient (Wildman–Crippen LogP) is 10.2. The number of nitriles is 2. The summed E-state index contributed by atoms with van der Waals surface area (Å²) in [7, 11) is 0. The average molecular weight is 639 g/mol. The van der Waals surface area contributed by atoms with E-state index in [1.165, 1.54) is 0 Å². The quantitative estimate of drug-likeness (QED) is 0.212. The second-order valence-corrected chi connectivity index (χ2v) is 14.3. The maximum Gasteiger partial charge on any atom is 0.219 e. The molecule has 0 atom stereocenters. The number of para-hydroxylation sites is 1. The van der Waals surface area contributed by atoms with Crippen molar-refractivity contribution in [2.24, 2.45) is 4.99 Å². The smallest absolute Gasteiger partial charge is 0.219 e. The molecule has 5 rings (SSSR count). The van der Waals surface area contributed by atoms with Gasteiger partial charge in [-0.05, 0) is 97.2 Å². The number of rotatable bonds is 6. The zero-order valence-corrected chi connectivity index (χ0v) is 29.4. The van der Waals surface area contributed by atoms with Crippen LogP contribution in [0.2, 0.25) is 0 Å². The summed E-state index contributed by atoms with van der Waals surface area (Å²) in [6.07, 6.45) is 3.70. The lowest BCUT2D eigenvalue weighted by atomic mass is 9.79. The Hall–Kier alpha value is -5.53. The summed E-state index contributed by atoms with van der Waals surface area (Å²) in [5.74, 6) is 3.59. The first-order valence-corrected chi connectivity index (χ1v) is 16.0. The van der Waals surface area contributed by atoms with Crippen molar-refractivity contribution >= 4 is 11.7 Å². The van der Waals surface area contributed by atoms with Crippen LogP contribution in [-0.2, 0) is 10.8 Å². The zero-order chi connectivity index (χ0) is 35.0. The van der Waals surface area contributed by atoms with Gasteiger partial charge in [0.1, 0.15) is 22.9 Å². The normalized spacial score (nSPS) is 13.9. The van der Waals surface area contributed by atoms with Crippen LogP contribution in [-0.4, -0.2) is 10.9 Å². The number of H-pyrrole nitrogens is 1. The van der Waals surface area contributed by atoms with Gasteiger partial charge in [0.2, 0.25) is 5.90 Å². The van der Waals surface area contributed by atoms with Crippen LogP contribution in [0.5, 0.6) is 23.1 Å². The average Bonchev–Trinajstić information content (AvgIpc) is 3.68. The number of aryl methyl sites for hydroxylation is 4. The number of aromatic nitrogens is 1. The Bertz CT molecular complexity index is 2000. The van der Waals surface area contributed by atoms with E-state index in [1.807, 2.05) is 76.2 Å². The molecule has 1 aromatic heterocycles. The van der Waals surface area contributed by atoms with Gasteiger partial charge in [0, 0.05) is 23.3 Å². The Labute approximate surface area is 283 Å². The highest BCUT2D eigenvalue weighted by atomic mass is 16.5. The number of nitrogens with one attached hydrogen (secondary N) is 1. The Morgan fingerprint density at radius 3 is 1.65 bits per heavy atom. The van der Waals surface area contributed by atoms with E-state index in [0.29, 0.717) is 51.6 Å². The first-order valence-electron chi connectivity index (χ1n) is 16.0. The van der Waals surface area contributed by atoms with E-state index in [2.05, 4.69) is 76.9 Å². The number of aliphatic imine (C=N–C) groups is 1. The summed E-state index contributed by atoms with van der Waals surface area (Å²) in [6.45, 7) is 20.8. The Balaban J connectivity index is 1.63. The van der Waals surface area contributed by atoms with Crippen molar-refractivity contribution in [3.05, 3.63) is 123 Å². The van der Waals surface area contributed by atoms with Gasteiger partial charge in [-0.3, -0.25) is 0 Å². The van der Waals surface area contributed by atoms with Crippen LogP contribution in [0.15, 0.2) is 77.4 Å². The van der Waals surface area contributed by atoms with Crippen LogP contribution >= 0.6 is 0 Å². The lowest BCUT2D eigenvalue weighted by Crippen LogP contribution is -2.19. The van der Waals surface area contributed by atoms with Crippen LogP contribution in [0.1, 0.15) is 91.7 Å². The number of aromatic amines is 1. The van der Waals surface area contributed by atoms with Crippen LogP contribution in [0, 0.1) is 50.4 Å². The monoisotopic (exact) mass is 638 g/mol. The van der Waals surface area contributed by atoms with Crippen molar-refractivity contribution in [1.29, 1.82) is 10.5 Å². The molecule has 0 bridgehead atoms. The number of allylic oxidation sites excluding steroid dienone is 1. The fraction of sp³-hybridized carbons (Fsp3) is 0.293. The molecule has 3 aromatic carbocycles. The molecule has 0 unspecified atom stereocenters. The minimum Gasteiger partial charge on any atom is -0.452 e. The van der Waals surface area contributed by atoms with Gasteiger partial charge in [-0.1, -0.05) is 59.7 Å². The largest absolute Gasteiger partial charge is 0.452 e. The van der Waals surface area contributed by atoms with Gasteiger partial charge >= 0.3 is 0 Å². The van der Waals surface area contributed by atoms with Gasteiger partial charge in [-0.25, -0.2) is 4.99 Å². The van der Waals surface area contributed by atoms with Crippen molar-refractivity contribution < 1.29 is 14.2 Å². The molecule has 48 heavy (non-hydrogen) atoms. The molecular weight excluding hydrogens is 596 g/mol. The number of hydrogen-bond acceptors (Lipinski definition) is 6. The van der Waals surface area contributed by atoms with E-state index in [-0.39, 0.29) is 10.8 Å². The molecule has 7 heteroatoms. The molecular formula is C41H42N4O3. The molecule has 0 spiro atoms. The molecule has 0 fully saturated rings. The third-order valence-electron chi connectivity index (χ3n) is 8.18. The van der Waals surface area contributed by atoms with Crippen LogP contribution in [0.3, 0.4) is 0 Å². The molecule has 0 aliphatic carbocycles. The van der Waals surface area contributed by atoms with Crippen molar-refractivity contribution in [1.82, 2.24) is 4.98 Å².